The predicted molar refractivity (Wildman–Crippen MR) is 111 cm³/mol. The average Bonchev–Trinajstić information content (AvgIpc) is 3.20. The Morgan fingerprint density at radius 2 is 1.97 bits per heavy atom. The quantitative estimate of drug-likeness (QED) is 0.845. The van der Waals surface area contributed by atoms with Gasteiger partial charge in [-0.15, -0.1) is 0 Å². The van der Waals surface area contributed by atoms with E-state index in [1.807, 2.05) is 36.2 Å². The summed E-state index contributed by atoms with van der Waals surface area (Å²) in [5.41, 5.74) is 2.25. The summed E-state index contributed by atoms with van der Waals surface area (Å²) in [7, 11) is 0. The molecule has 4 rings (SSSR count). The number of fused-ring (bicyclic) bond motifs is 1. The number of rotatable bonds is 5. The SMILES string of the molecule is CCC(=O)N1CCC(C(=O)N[C@H]2COC[C@H]2Cc2ccnc3ccccc23)CC1. The summed E-state index contributed by atoms with van der Waals surface area (Å²) in [5, 5.41) is 4.41. The summed E-state index contributed by atoms with van der Waals surface area (Å²) in [5.74, 6) is 0.525. The summed E-state index contributed by atoms with van der Waals surface area (Å²) in [6.45, 7) is 4.46. The molecule has 2 fully saturated rings. The van der Waals surface area contributed by atoms with Crippen molar-refractivity contribution < 1.29 is 14.3 Å². The van der Waals surface area contributed by atoms with Gasteiger partial charge in [0.25, 0.3) is 0 Å². The van der Waals surface area contributed by atoms with Crippen LogP contribution < -0.4 is 5.32 Å². The molecule has 0 saturated carbocycles. The lowest BCUT2D eigenvalue weighted by Gasteiger charge is -2.32. The fraction of sp³-hybridized carbons (Fsp3) is 0.522. The average molecular weight is 396 g/mol. The van der Waals surface area contributed by atoms with Crippen LogP contribution in [0.2, 0.25) is 0 Å². The van der Waals surface area contributed by atoms with Crippen LogP contribution in [0.3, 0.4) is 0 Å². The highest BCUT2D eigenvalue weighted by molar-refractivity contribution is 5.82. The number of likely N-dealkylation sites (tertiary alicyclic amines) is 1. The minimum Gasteiger partial charge on any atom is -0.379 e. The number of benzene rings is 1. The van der Waals surface area contributed by atoms with Crippen molar-refractivity contribution in [3.8, 4) is 0 Å². The topological polar surface area (TPSA) is 71.5 Å². The number of amides is 2. The van der Waals surface area contributed by atoms with Crippen LogP contribution in [-0.4, -0.2) is 54.0 Å². The van der Waals surface area contributed by atoms with Gasteiger partial charge in [0, 0.05) is 42.9 Å². The molecule has 2 aliphatic heterocycles. The summed E-state index contributed by atoms with van der Waals surface area (Å²) >= 11 is 0. The number of para-hydroxylation sites is 1. The van der Waals surface area contributed by atoms with Crippen molar-refractivity contribution in [3.63, 3.8) is 0 Å². The van der Waals surface area contributed by atoms with Crippen LogP contribution in [0.1, 0.15) is 31.7 Å². The van der Waals surface area contributed by atoms with Crippen molar-refractivity contribution in [2.45, 2.75) is 38.6 Å². The highest BCUT2D eigenvalue weighted by atomic mass is 16.5. The Hall–Kier alpha value is -2.47. The van der Waals surface area contributed by atoms with Gasteiger partial charge in [-0.3, -0.25) is 14.6 Å². The lowest BCUT2D eigenvalue weighted by molar-refractivity contribution is -0.135. The molecule has 0 aliphatic carbocycles. The first-order chi connectivity index (χ1) is 14.2. The van der Waals surface area contributed by atoms with Gasteiger partial charge in [0.1, 0.15) is 0 Å². The minimum atomic E-state index is -0.0149. The molecule has 0 bridgehead atoms. The third-order valence-electron chi connectivity index (χ3n) is 6.27. The predicted octanol–water partition coefficient (Wildman–Crippen LogP) is 2.56. The second kappa shape index (κ2) is 8.91. The molecule has 2 amide bonds. The number of aromatic nitrogens is 1. The van der Waals surface area contributed by atoms with E-state index in [2.05, 4.69) is 22.4 Å². The summed E-state index contributed by atoms with van der Waals surface area (Å²) in [6, 6.07) is 10.3. The van der Waals surface area contributed by atoms with Gasteiger partial charge < -0.3 is 15.0 Å². The zero-order valence-electron chi connectivity index (χ0n) is 17.0. The highest BCUT2D eigenvalue weighted by Gasteiger charge is 2.33. The molecule has 0 radical (unpaired) electrons. The molecule has 2 aromatic rings. The van der Waals surface area contributed by atoms with Gasteiger partial charge in [0.2, 0.25) is 11.8 Å². The Kier molecular flexibility index (Phi) is 6.09. The largest absolute Gasteiger partial charge is 0.379 e. The van der Waals surface area contributed by atoms with E-state index in [1.54, 1.807) is 0 Å². The van der Waals surface area contributed by atoms with Gasteiger partial charge in [-0.05, 0) is 37.0 Å². The van der Waals surface area contributed by atoms with Crippen LogP contribution in [0.25, 0.3) is 10.9 Å². The minimum absolute atomic E-state index is 0.0149. The molecule has 0 spiro atoms. The number of hydrogen-bond acceptors (Lipinski definition) is 4. The zero-order valence-corrected chi connectivity index (χ0v) is 17.0. The van der Waals surface area contributed by atoms with E-state index in [4.69, 9.17) is 4.74 Å². The highest BCUT2D eigenvalue weighted by Crippen LogP contribution is 2.25. The second-order valence-corrected chi connectivity index (χ2v) is 8.11. The normalized spacial score (nSPS) is 22.7. The van der Waals surface area contributed by atoms with Crippen molar-refractivity contribution in [2.75, 3.05) is 26.3 Å². The first kappa shape index (κ1) is 19.8. The number of piperidine rings is 1. The summed E-state index contributed by atoms with van der Waals surface area (Å²) < 4.78 is 5.72. The Morgan fingerprint density at radius 3 is 2.76 bits per heavy atom. The number of ether oxygens (including phenoxy) is 1. The van der Waals surface area contributed by atoms with Crippen molar-refractivity contribution >= 4 is 22.7 Å². The molecule has 1 N–H and O–H groups in total. The maximum absolute atomic E-state index is 12.8. The van der Waals surface area contributed by atoms with Crippen LogP contribution in [0, 0.1) is 11.8 Å². The van der Waals surface area contributed by atoms with E-state index in [0.717, 1.165) is 24.8 Å². The molecule has 3 heterocycles. The summed E-state index contributed by atoms with van der Waals surface area (Å²) in [6.07, 6.45) is 4.72. The van der Waals surface area contributed by atoms with Gasteiger partial charge in [0.15, 0.2) is 0 Å². The Balaban J connectivity index is 1.36. The van der Waals surface area contributed by atoms with Gasteiger partial charge in [-0.2, -0.15) is 0 Å². The van der Waals surface area contributed by atoms with Crippen molar-refractivity contribution in [1.82, 2.24) is 15.2 Å². The molecular formula is C23H29N3O3. The molecule has 1 aromatic heterocycles. The van der Waals surface area contributed by atoms with E-state index >= 15 is 0 Å². The molecule has 2 saturated heterocycles. The molecule has 6 heteroatoms. The van der Waals surface area contributed by atoms with E-state index in [-0.39, 0.29) is 29.7 Å². The molecule has 6 nitrogen and oxygen atoms in total. The number of hydrogen-bond donors (Lipinski definition) is 1. The third-order valence-corrected chi connectivity index (χ3v) is 6.27. The smallest absolute Gasteiger partial charge is 0.223 e. The van der Waals surface area contributed by atoms with Gasteiger partial charge in [-0.25, -0.2) is 0 Å². The molecule has 2 atom stereocenters. The van der Waals surface area contributed by atoms with E-state index in [1.165, 1.54) is 10.9 Å². The van der Waals surface area contributed by atoms with Crippen molar-refractivity contribution in [3.05, 3.63) is 42.1 Å². The lowest BCUT2D eigenvalue weighted by atomic mass is 9.91. The zero-order chi connectivity index (χ0) is 20.2. The Morgan fingerprint density at radius 1 is 1.17 bits per heavy atom. The summed E-state index contributed by atoms with van der Waals surface area (Å²) in [4.78, 5) is 31.0. The van der Waals surface area contributed by atoms with Crippen LogP contribution >= 0.6 is 0 Å². The standard InChI is InChI=1S/C23H29N3O3/c1-2-22(27)26-11-8-16(9-12-26)23(28)25-21-15-29-14-18(21)13-17-7-10-24-20-6-4-3-5-19(17)20/h3-7,10,16,18,21H,2,8-9,11-15H2,1H3,(H,25,28)/t18-,21+/m1/s1. The fourth-order valence-electron chi connectivity index (χ4n) is 4.49. The number of carbonyl (C=O) groups excluding carboxylic acids is 2. The number of nitrogens with zero attached hydrogens (tertiary/aromatic N) is 2. The molecule has 1 aromatic carbocycles. The van der Waals surface area contributed by atoms with Crippen LogP contribution in [0.4, 0.5) is 0 Å². The van der Waals surface area contributed by atoms with Crippen molar-refractivity contribution in [2.24, 2.45) is 11.8 Å². The van der Waals surface area contributed by atoms with Crippen molar-refractivity contribution in [1.29, 1.82) is 0 Å². The molecule has 154 valence electrons. The van der Waals surface area contributed by atoms with Crippen LogP contribution in [0.5, 0.6) is 0 Å². The number of nitrogens with one attached hydrogen (secondary N) is 1. The van der Waals surface area contributed by atoms with Gasteiger partial charge in [0.05, 0.1) is 24.8 Å². The van der Waals surface area contributed by atoms with E-state index in [0.29, 0.717) is 32.7 Å². The second-order valence-electron chi connectivity index (χ2n) is 8.11. The molecular weight excluding hydrogens is 366 g/mol. The molecule has 2 aliphatic rings. The monoisotopic (exact) mass is 395 g/mol. The lowest BCUT2D eigenvalue weighted by Crippen LogP contribution is -2.47. The maximum Gasteiger partial charge on any atom is 0.223 e. The number of pyridine rings is 1. The molecule has 29 heavy (non-hydrogen) atoms. The van der Waals surface area contributed by atoms with Crippen LogP contribution in [0.15, 0.2) is 36.5 Å². The first-order valence-electron chi connectivity index (χ1n) is 10.6. The Labute approximate surface area is 171 Å². The van der Waals surface area contributed by atoms with Gasteiger partial charge in [-0.1, -0.05) is 25.1 Å². The molecule has 0 unspecified atom stereocenters. The van der Waals surface area contributed by atoms with Crippen LogP contribution in [-0.2, 0) is 20.7 Å². The van der Waals surface area contributed by atoms with Gasteiger partial charge >= 0.3 is 0 Å². The Bertz CT molecular complexity index is 871. The number of carbonyl (C=O) groups is 2. The fourth-order valence-corrected chi connectivity index (χ4v) is 4.49. The van der Waals surface area contributed by atoms with E-state index in [9.17, 15) is 9.59 Å². The first-order valence-corrected chi connectivity index (χ1v) is 10.6. The maximum atomic E-state index is 12.8. The third kappa shape index (κ3) is 4.42. The van der Waals surface area contributed by atoms with E-state index < -0.39 is 0 Å².